The maximum Gasteiger partial charge on any atom is 0.327 e. The van der Waals surface area contributed by atoms with Crippen molar-refractivity contribution in [1.82, 2.24) is 4.90 Å². The van der Waals surface area contributed by atoms with Crippen LogP contribution in [0.2, 0.25) is 0 Å². The molecule has 0 radical (unpaired) electrons. The molecule has 140 valence electrons. The average Bonchev–Trinajstić information content (AvgIpc) is 3.15. The lowest BCUT2D eigenvalue weighted by Gasteiger charge is -2.27. The van der Waals surface area contributed by atoms with Crippen LogP contribution in [0.5, 0.6) is 0 Å². The molecule has 27 heavy (non-hydrogen) atoms. The molecule has 1 heterocycles. The lowest BCUT2D eigenvalue weighted by atomic mass is 10.1. The van der Waals surface area contributed by atoms with Gasteiger partial charge in [0.05, 0.1) is 0 Å². The lowest BCUT2D eigenvalue weighted by Crippen LogP contribution is -2.43. The number of carbonyl (C=O) groups excluding carboxylic acids is 2. The minimum Gasteiger partial charge on any atom is -0.480 e. The van der Waals surface area contributed by atoms with Gasteiger partial charge in [0.2, 0.25) is 11.0 Å². The Labute approximate surface area is 166 Å². The quantitative estimate of drug-likeness (QED) is 0.796. The summed E-state index contributed by atoms with van der Waals surface area (Å²) in [6, 6.07) is 17.5. The van der Waals surface area contributed by atoms with Crippen LogP contribution in [0, 0.1) is 0 Å². The molecule has 1 aliphatic rings. The first kappa shape index (κ1) is 19.5. The molecule has 0 aromatic heterocycles. The van der Waals surface area contributed by atoms with Crippen LogP contribution in [0.3, 0.4) is 0 Å². The Morgan fingerprint density at radius 2 is 1.67 bits per heavy atom. The molecule has 0 spiro atoms. The molecule has 2 atom stereocenters. The molecular formula is C20H19NO4S2. The zero-order chi connectivity index (χ0) is 19.2. The summed E-state index contributed by atoms with van der Waals surface area (Å²) in [4.78, 5) is 38.0. The Bertz CT molecular complexity index is 813. The summed E-state index contributed by atoms with van der Waals surface area (Å²) in [5, 5.41) is 9.09. The van der Waals surface area contributed by atoms with Crippen molar-refractivity contribution in [2.24, 2.45) is 0 Å². The van der Waals surface area contributed by atoms with Gasteiger partial charge in [-0.25, -0.2) is 4.79 Å². The van der Waals surface area contributed by atoms with Crippen LogP contribution in [-0.2, 0) is 9.59 Å². The van der Waals surface area contributed by atoms with Crippen molar-refractivity contribution >= 4 is 40.5 Å². The molecule has 0 unspecified atom stereocenters. The molecule has 5 nitrogen and oxygen atoms in total. The van der Waals surface area contributed by atoms with Gasteiger partial charge in [-0.15, -0.1) is 11.8 Å². The molecule has 2 aromatic rings. The van der Waals surface area contributed by atoms with Crippen LogP contribution < -0.4 is 0 Å². The van der Waals surface area contributed by atoms with E-state index in [9.17, 15) is 19.5 Å². The third-order valence-electron chi connectivity index (χ3n) is 4.22. The Kier molecular flexibility index (Phi) is 6.58. The van der Waals surface area contributed by atoms with Gasteiger partial charge in [0, 0.05) is 23.5 Å². The smallest absolute Gasteiger partial charge is 0.327 e. The Balaban J connectivity index is 1.65. The van der Waals surface area contributed by atoms with E-state index in [1.165, 1.54) is 16.7 Å². The first-order chi connectivity index (χ1) is 13.1. The van der Waals surface area contributed by atoms with E-state index < -0.39 is 12.0 Å². The number of hydrogen-bond acceptors (Lipinski definition) is 5. The van der Waals surface area contributed by atoms with E-state index in [1.54, 1.807) is 24.3 Å². The normalized spacial score (nSPS) is 19.0. The Morgan fingerprint density at radius 1 is 1.04 bits per heavy atom. The van der Waals surface area contributed by atoms with Crippen LogP contribution in [0.4, 0.5) is 0 Å². The largest absolute Gasteiger partial charge is 0.480 e. The second-order valence-electron chi connectivity index (χ2n) is 6.00. The number of amides is 1. The van der Waals surface area contributed by atoms with Crippen molar-refractivity contribution < 1.29 is 19.5 Å². The van der Waals surface area contributed by atoms with E-state index in [0.717, 1.165) is 17.3 Å². The molecule has 1 aliphatic heterocycles. The molecule has 1 saturated heterocycles. The fraction of sp³-hybridized carbons (Fsp3) is 0.250. The van der Waals surface area contributed by atoms with E-state index in [-0.39, 0.29) is 22.8 Å². The fourth-order valence-corrected chi connectivity index (χ4v) is 5.10. The van der Waals surface area contributed by atoms with E-state index in [4.69, 9.17) is 0 Å². The number of carboxylic acid groups (broad SMARTS) is 1. The fourth-order valence-electron chi connectivity index (χ4n) is 2.89. The predicted octanol–water partition coefficient (Wildman–Crippen LogP) is 3.68. The summed E-state index contributed by atoms with van der Waals surface area (Å²) in [6.45, 7) is 0. The molecule has 1 fully saturated rings. The number of nitrogens with zero attached hydrogens (tertiary/aromatic N) is 1. The molecule has 3 rings (SSSR count). The number of benzene rings is 2. The summed E-state index contributed by atoms with van der Waals surface area (Å²) < 4.78 is 0. The monoisotopic (exact) mass is 401 g/mol. The highest BCUT2D eigenvalue weighted by Gasteiger charge is 2.41. The highest BCUT2D eigenvalue weighted by atomic mass is 32.2. The minimum absolute atomic E-state index is 0.0893. The van der Waals surface area contributed by atoms with Gasteiger partial charge in [-0.05, 0) is 5.56 Å². The van der Waals surface area contributed by atoms with Crippen molar-refractivity contribution in [2.75, 3.05) is 11.5 Å². The average molecular weight is 402 g/mol. The number of aliphatic carboxylic acids is 1. The van der Waals surface area contributed by atoms with Gasteiger partial charge in [0.1, 0.15) is 11.4 Å². The van der Waals surface area contributed by atoms with Crippen molar-refractivity contribution in [2.45, 2.75) is 17.8 Å². The van der Waals surface area contributed by atoms with E-state index >= 15 is 0 Å². The first-order valence-electron chi connectivity index (χ1n) is 8.50. The predicted molar refractivity (Wildman–Crippen MR) is 108 cm³/mol. The van der Waals surface area contributed by atoms with Crippen molar-refractivity contribution in [3.05, 3.63) is 71.8 Å². The van der Waals surface area contributed by atoms with Crippen molar-refractivity contribution in [1.29, 1.82) is 0 Å². The lowest BCUT2D eigenvalue weighted by molar-refractivity contribution is -0.149. The molecule has 0 aliphatic carbocycles. The molecule has 1 N–H and O–H groups in total. The van der Waals surface area contributed by atoms with Gasteiger partial charge in [-0.1, -0.05) is 72.4 Å². The minimum atomic E-state index is -0.998. The van der Waals surface area contributed by atoms with Crippen LogP contribution in [-0.4, -0.2) is 44.5 Å². The van der Waals surface area contributed by atoms with E-state index in [1.807, 2.05) is 36.4 Å². The van der Waals surface area contributed by atoms with Gasteiger partial charge in [-0.2, -0.15) is 0 Å². The summed E-state index contributed by atoms with van der Waals surface area (Å²) in [5.74, 6) is -0.560. The topological polar surface area (TPSA) is 74.7 Å². The van der Waals surface area contributed by atoms with Gasteiger partial charge in [0.15, 0.2) is 0 Å². The second-order valence-corrected chi connectivity index (χ2v) is 8.18. The van der Waals surface area contributed by atoms with Crippen LogP contribution >= 0.6 is 23.5 Å². The zero-order valence-electron chi connectivity index (χ0n) is 14.5. The maximum atomic E-state index is 12.8. The van der Waals surface area contributed by atoms with Gasteiger partial charge >= 0.3 is 5.97 Å². The maximum absolute atomic E-state index is 12.8. The highest BCUT2D eigenvalue weighted by Crippen LogP contribution is 2.41. The number of thioether (sulfide) groups is 2. The van der Waals surface area contributed by atoms with Crippen molar-refractivity contribution in [3.63, 3.8) is 0 Å². The summed E-state index contributed by atoms with van der Waals surface area (Å²) >= 11 is 2.54. The SMILES string of the molecule is O=C(SCCC(=O)N1[C@H](C(=O)O)CS[C@H]1c1ccccc1)c1ccccc1. The van der Waals surface area contributed by atoms with Crippen LogP contribution in [0.1, 0.15) is 27.7 Å². The van der Waals surface area contributed by atoms with Crippen LogP contribution in [0.15, 0.2) is 60.7 Å². The first-order valence-corrected chi connectivity index (χ1v) is 10.5. The number of rotatable bonds is 6. The van der Waals surface area contributed by atoms with Crippen LogP contribution in [0.25, 0.3) is 0 Å². The zero-order valence-corrected chi connectivity index (χ0v) is 16.1. The second kappa shape index (κ2) is 9.10. The van der Waals surface area contributed by atoms with E-state index in [0.29, 0.717) is 17.1 Å². The van der Waals surface area contributed by atoms with Crippen molar-refractivity contribution in [3.8, 4) is 0 Å². The van der Waals surface area contributed by atoms with Gasteiger partial charge < -0.3 is 10.0 Å². The molecule has 7 heteroatoms. The standard InChI is InChI=1S/C20H19NO4S2/c22-17(11-12-26-20(25)15-9-5-2-6-10-15)21-16(19(23)24)13-27-18(21)14-7-3-1-4-8-14/h1-10,16,18H,11-13H2,(H,23,24)/t16-,18-/m0/s1. The molecule has 2 aromatic carbocycles. The number of hydrogen-bond donors (Lipinski definition) is 1. The molecular weight excluding hydrogens is 382 g/mol. The highest BCUT2D eigenvalue weighted by molar-refractivity contribution is 8.14. The Hall–Kier alpha value is -2.25. The van der Waals surface area contributed by atoms with Gasteiger partial charge in [0.25, 0.3) is 0 Å². The number of carbonyl (C=O) groups is 3. The summed E-state index contributed by atoms with van der Waals surface area (Å²) in [7, 11) is 0. The van der Waals surface area contributed by atoms with Gasteiger partial charge in [-0.3, -0.25) is 9.59 Å². The third-order valence-corrected chi connectivity index (χ3v) is 6.45. The third kappa shape index (κ3) is 4.73. The molecule has 0 bridgehead atoms. The summed E-state index contributed by atoms with van der Waals surface area (Å²) in [5.41, 5.74) is 1.50. The van der Waals surface area contributed by atoms with E-state index in [2.05, 4.69) is 0 Å². The molecule has 0 saturated carbocycles. The summed E-state index contributed by atoms with van der Waals surface area (Å²) in [6.07, 6.45) is 0.122. The Morgan fingerprint density at radius 3 is 2.30 bits per heavy atom. The number of carboxylic acids is 1. The molecule has 1 amide bonds.